The number of hydrogen-bond donors (Lipinski definition) is 1. The summed E-state index contributed by atoms with van der Waals surface area (Å²) in [4.78, 5) is 14.6. The van der Waals surface area contributed by atoms with E-state index in [0.717, 1.165) is 16.5 Å². The maximum Gasteiger partial charge on any atom is 0.356 e. The Morgan fingerprint density at radius 2 is 2.25 bits per heavy atom. The molecule has 0 unspecified atom stereocenters. The van der Waals surface area contributed by atoms with Gasteiger partial charge in [0.15, 0.2) is 0 Å². The van der Waals surface area contributed by atoms with Crippen LogP contribution >= 0.6 is 11.6 Å². The summed E-state index contributed by atoms with van der Waals surface area (Å²) >= 11 is 6.13. The van der Waals surface area contributed by atoms with E-state index in [1.807, 2.05) is 25.1 Å². The molecule has 0 aliphatic rings. The van der Waals surface area contributed by atoms with Crippen LogP contribution in [0.15, 0.2) is 18.2 Å². The van der Waals surface area contributed by atoms with Crippen molar-refractivity contribution in [1.29, 1.82) is 0 Å². The lowest BCUT2D eigenvalue weighted by atomic mass is 10.2. The average Bonchev–Trinajstić information content (AvgIpc) is 2.57. The molecule has 0 spiro atoms. The van der Waals surface area contributed by atoms with E-state index in [-0.39, 0.29) is 0 Å². The van der Waals surface area contributed by atoms with Crippen molar-refractivity contribution in [3.63, 3.8) is 0 Å². The number of ether oxygens (including phenoxy) is 1. The molecule has 0 fully saturated rings. The van der Waals surface area contributed by atoms with Crippen LogP contribution in [0.25, 0.3) is 10.9 Å². The number of halogens is 1. The summed E-state index contributed by atoms with van der Waals surface area (Å²) in [5, 5.41) is 1.28. The van der Waals surface area contributed by atoms with Crippen molar-refractivity contribution >= 4 is 28.5 Å². The Labute approximate surface area is 98.4 Å². The largest absolute Gasteiger partial charge is 0.461 e. The number of aromatic amines is 1. The lowest BCUT2D eigenvalue weighted by Gasteiger charge is -1.98. The second-order valence-electron chi connectivity index (χ2n) is 3.58. The first-order valence-corrected chi connectivity index (χ1v) is 5.46. The van der Waals surface area contributed by atoms with E-state index < -0.39 is 5.97 Å². The van der Waals surface area contributed by atoms with Gasteiger partial charge in [0, 0.05) is 10.9 Å². The van der Waals surface area contributed by atoms with Gasteiger partial charge in [0.2, 0.25) is 0 Å². The maximum absolute atomic E-state index is 11.6. The summed E-state index contributed by atoms with van der Waals surface area (Å²) in [6.45, 7) is 4.08. The van der Waals surface area contributed by atoms with Gasteiger partial charge in [-0.05, 0) is 26.0 Å². The van der Waals surface area contributed by atoms with E-state index in [0.29, 0.717) is 17.3 Å². The zero-order valence-electron chi connectivity index (χ0n) is 9.13. The third-order valence-corrected chi connectivity index (χ3v) is 2.76. The lowest BCUT2D eigenvalue weighted by Crippen LogP contribution is -2.05. The Hall–Kier alpha value is -1.48. The molecule has 0 aliphatic heterocycles. The van der Waals surface area contributed by atoms with Crippen LogP contribution in [-0.2, 0) is 4.74 Å². The second-order valence-corrected chi connectivity index (χ2v) is 3.96. The Bertz CT molecular complexity index is 545. The van der Waals surface area contributed by atoms with E-state index >= 15 is 0 Å². The number of aromatic nitrogens is 1. The number of hydrogen-bond acceptors (Lipinski definition) is 2. The van der Waals surface area contributed by atoms with Gasteiger partial charge in [-0.25, -0.2) is 4.79 Å². The average molecular weight is 238 g/mol. The fourth-order valence-corrected chi connectivity index (χ4v) is 1.90. The highest BCUT2D eigenvalue weighted by atomic mass is 35.5. The van der Waals surface area contributed by atoms with E-state index in [2.05, 4.69) is 4.98 Å². The number of carbonyl (C=O) groups excluding carboxylic acids is 1. The second kappa shape index (κ2) is 4.18. The molecule has 2 aromatic rings. The van der Waals surface area contributed by atoms with Gasteiger partial charge in [-0.3, -0.25) is 0 Å². The summed E-state index contributed by atoms with van der Waals surface area (Å²) < 4.78 is 4.91. The molecule has 0 aliphatic carbocycles. The third-order valence-electron chi connectivity index (χ3n) is 2.37. The van der Waals surface area contributed by atoms with Crippen molar-refractivity contribution in [1.82, 2.24) is 4.98 Å². The highest BCUT2D eigenvalue weighted by Crippen LogP contribution is 2.28. The van der Waals surface area contributed by atoms with E-state index in [1.54, 1.807) is 6.92 Å². The summed E-state index contributed by atoms with van der Waals surface area (Å²) in [6.07, 6.45) is 0. The standard InChI is InChI=1S/C12H12ClNO2/c1-3-16-12(15)11-10(13)8-6-7(2)4-5-9(8)14-11/h4-6,14H,3H2,1-2H3. The van der Waals surface area contributed by atoms with Gasteiger partial charge in [0.1, 0.15) is 5.69 Å². The Morgan fingerprint density at radius 1 is 1.50 bits per heavy atom. The zero-order chi connectivity index (χ0) is 11.7. The van der Waals surface area contributed by atoms with Crippen molar-refractivity contribution in [3.8, 4) is 0 Å². The van der Waals surface area contributed by atoms with E-state index in [4.69, 9.17) is 16.3 Å². The number of nitrogens with one attached hydrogen (secondary N) is 1. The van der Waals surface area contributed by atoms with Gasteiger partial charge < -0.3 is 9.72 Å². The van der Waals surface area contributed by atoms with Crippen LogP contribution in [0, 0.1) is 6.92 Å². The smallest absolute Gasteiger partial charge is 0.356 e. The zero-order valence-corrected chi connectivity index (χ0v) is 9.89. The van der Waals surface area contributed by atoms with Crippen LogP contribution in [0.1, 0.15) is 23.0 Å². The predicted molar refractivity (Wildman–Crippen MR) is 64.0 cm³/mol. The first kappa shape index (κ1) is 11.0. The van der Waals surface area contributed by atoms with Crippen LogP contribution in [0.5, 0.6) is 0 Å². The monoisotopic (exact) mass is 237 g/mol. The van der Waals surface area contributed by atoms with Crippen LogP contribution in [0.4, 0.5) is 0 Å². The predicted octanol–water partition coefficient (Wildman–Crippen LogP) is 3.31. The molecular formula is C12H12ClNO2. The minimum atomic E-state index is -0.415. The molecule has 0 radical (unpaired) electrons. The molecule has 1 N–H and O–H groups in total. The molecule has 0 bridgehead atoms. The molecule has 1 aromatic heterocycles. The molecule has 0 atom stereocenters. The fraction of sp³-hybridized carbons (Fsp3) is 0.250. The van der Waals surface area contributed by atoms with Gasteiger partial charge in [-0.15, -0.1) is 0 Å². The summed E-state index contributed by atoms with van der Waals surface area (Å²) in [5.74, 6) is -0.415. The first-order chi connectivity index (χ1) is 7.63. The molecule has 1 heterocycles. The molecule has 4 heteroatoms. The Morgan fingerprint density at radius 3 is 2.94 bits per heavy atom. The molecule has 2 rings (SSSR count). The first-order valence-electron chi connectivity index (χ1n) is 5.08. The van der Waals surface area contributed by atoms with Crippen LogP contribution in [0.3, 0.4) is 0 Å². The van der Waals surface area contributed by atoms with E-state index in [9.17, 15) is 4.79 Å². The molecule has 0 amide bonds. The molecule has 0 saturated heterocycles. The number of esters is 1. The van der Waals surface area contributed by atoms with Gasteiger partial charge in [0.25, 0.3) is 0 Å². The molecule has 16 heavy (non-hydrogen) atoms. The molecule has 84 valence electrons. The summed E-state index contributed by atoms with van der Waals surface area (Å²) in [5.41, 5.74) is 2.27. The highest BCUT2D eigenvalue weighted by Gasteiger charge is 2.17. The minimum Gasteiger partial charge on any atom is -0.461 e. The van der Waals surface area contributed by atoms with Crippen LogP contribution in [0.2, 0.25) is 5.02 Å². The number of fused-ring (bicyclic) bond motifs is 1. The number of rotatable bonds is 2. The van der Waals surface area contributed by atoms with Crippen molar-refractivity contribution < 1.29 is 9.53 Å². The van der Waals surface area contributed by atoms with Crippen LogP contribution in [-0.4, -0.2) is 17.6 Å². The molecular weight excluding hydrogens is 226 g/mol. The quantitative estimate of drug-likeness (QED) is 0.815. The van der Waals surface area contributed by atoms with Gasteiger partial charge in [0.05, 0.1) is 11.6 Å². The lowest BCUT2D eigenvalue weighted by molar-refractivity contribution is 0.0521. The van der Waals surface area contributed by atoms with Gasteiger partial charge in [-0.2, -0.15) is 0 Å². The van der Waals surface area contributed by atoms with Gasteiger partial charge >= 0.3 is 5.97 Å². The van der Waals surface area contributed by atoms with Crippen molar-refractivity contribution in [3.05, 3.63) is 34.5 Å². The number of benzene rings is 1. The van der Waals surface area contributed by atoms with Crippen molar-refractivity contribution in [2.75, 3.05) is 6.61 Å². The van der Waals surface area contributed by atoms with Crippen molar-refractivity contribution in [2.45, 2.75) is 13.8 Å². The number of H-pyrrole nitrogens is 1. The van der Waals surface area contributed by atoms with Crippen molar-refractivity contribution in [2.24, 2.45) is 0 Å². The number of aryl methyl sites for hydroxylation is 1. The Kier molecular flexibility index (Phi) is 2.88. The topological polar surface area (TPSA) is 42.1 Å². The molecule has 0 saturated carbocycles. The van der Waals surface area contributed by atoms with Gasteiger partial charge in [-0.1, -0.05) is 23.2 Å². The highest BCUT2D eigenvalue weighted by molar-refractivity contribution is 6.38. The third kappa shape index (κ3) is 1.78. The number of carbonyl (C=O) groups is 1. The fourth-order valence-electron chi connectivity index (χ4n) is 1.62. The summed E-state index contributed by atoms with van der Waals surface area (Å²) in [6, 6.07) is 5.81. The maximum atomic E-state index is 11.6. The SMILES string of the molecule is CCOC(=O)c1[nH]c2ccc(C)cc2c1Cl. The molecule has 3 nitrogen and oxygen atoms in total. The minimum absolute atomic E-state index is 0.323. The summed E-state index contributed by atoms with van der Waals surface area (Å²) in [7, 11) is 0. The Balaban J connectivity index is 2.56. The van der Waals surface area contributed by atoms with Crippen LogP contribution < -0.4 is 0 Å². The van der Waals surface area contributed by atoms with E-state index in [1.165, 1.54) is 0 Å². The molecule has 1 aromatic carbocycles. The normalized spacial score (nSPS) is 10.7.